The second kappa shape index (κ2) is 6.03. The summed E-state index contributed by atoms with van der Waals surface area (Å²) in [5, 5.41) is 9.33. The van der Waals surface area contributed by atoms with Crippen molar-refractivity contribution >= 4 is 12.0 Å². The second-order valence-corrected chi connectivity index (χ2v) is 5.44. The Bertz CT molecular complexity index is 792. The molecule has 1 aliphatic heterocycles. The number of carboxylic acid groups (broad SMARTS) is 1. The Morgan fingerprint density at radius 2 is 1.75 bits per heavy atom. The van der Waals surface area contributed by atoms with E-state index in [1.807, 2.05) is 0 Å². The van der Waals surface area contributed by atoms with Crippen molar-refractivity contribution in [2.45, 2.75) is 18.7 Å². The highest BCUT2D eigenvalue weighted by Gasteiger charge is 2.31. The van der Waals surface area contributed by atoms with Gasteiger partial charge in [0, 0.05) is 17.6 Å². The lowest BCUT2D eigenvalue weighted by Crippen LogP contribution is -2.12. The number of carboxylic acids is 1. The van der Waals surface area contributed by atoms with Gasteiger partial charge >= 0.3 is 12.1 Å². The number of aliphatic carboxylic acids is 1. The van der Waals surface area contributed by atoms with Gasteiger partial charge in [-0.1, -0.05) is 30.3 Å². The van der Waals surface area contributed by atoms with E-state index in [0.717, 1.165) is 12.1 Å². The maximum atomic E-state index is 12.7. The molecule has 1 atom stereocenters. The van der Waals surface area contributed by atoms with Crippen molar-refractivity contribution in [1.82, 2.24) is 0 Å². The number of halogens is 3. The minimum atomic E-state index is -4.42. The lowest BCUT2D eigenvalue weighted by molar-refractivity contribution is -0.137. The van der Waals surface area contributed by atoms with Crippen molar-refractivity contribution in [3.8, 4) is 5.75 Å². The summed E-state index contributed by atoms with van der Waals surface area (Å²) in [6.07, 6.45) is -3.49. The summed E-state index contributed by atoms with van der Waals surface area (Å²) in [6, 6.07) is 11.5. The van der Waals surface area contributed by atoms with Crippen LogP contribution in [0.4, 0.5) is 13.2 Å². The van der Waals surface area contributed by atoms with Crippen LogP contribution in [0, 0.1) is 0 Å². The zero-order valence-electron chi connectivity index (χ0n) is 12.4. The summed E-state index contributed by atoms with van der Waals surface area (Å²) < 4.78 is 43.9. The summed E-state index contributed by atoms with van der Waals surface area (Å²) in [6.45, 7) is 0. The molecule has 24 heavy (non-hydrogen) atoms. The Hall–Kier alpha value is -2.76. The molecule has 0 bridgehead atoms. The molecule has 0 aromatic heterocycles. The van der Waals surface area contributed by atoms with E-state index in [1.165, 1.54) is 18.2 Å². The highest BCUT2D eigenvalue weighted by Crippen LogP contribution is 2.36. The standard InChI is InChI=1S/C18H13F3O3/c19-18(20,21)14-7-5-11(6-8-14)16-10-13(17(22)23)9-12-3-1-2-4-15(12)24-16/h1-9,16H,10H2,(H,22,23). The zero-order valence-corrected chi connectivity index (χ0v) is 12.4. The molecule has 0 saturated carbocycles. The predicted molar refractivity (Wildman–Crippen MR) is 81.5 cm³/mol. The van der Waals surface area contributed by atoms with Crippen molar-refractivity contribution in [1.29, 1.82) is 0 Å². The second-order valence-electron chi connectivity index (χ2n) is 5.44. The SMILES string of the molecule is O=C(O)C1=Cc2ccccc2OC(c2ccc(C(F)(F)F)cc2)C1. The fourth-order valence-electron chi connectivity index (χ4n) is 2.57. The van der Waals surface area contributed by atoms with E-state index in [0.29, 0.717) is 16.9 Å². The number of para-hydroxylation sites is 1. The van der Waals surface area contributed by atoms with Gasteiger partial charge in [0.1, 0.15) is 11.9 Å². The van der Waals surface area contributed by atoms with Crippen molar-refractivity contribution in [3.63, 3.8) is 0 Å². The van der Waals surface area contributed by atoms with Crippen LogP contribution in [0.2, 0.25) is 0 Å². The van der Waals surface area contributed by atoms with Crippen molar-refractivity contribution in [3.05, 3.63) is 70.8 Å². The van der Waals surface area contributed by atoms with E-state index in [1.54, 1.807) is 24.3 Å². The van der Waals surface area contributed by atoms with Crippen molar-refractivity contribution < 1.29 is 27.8 Å². The van der Waals surface area contributed by atoms with E-state index in [4.69, 9.17) is 4.74 Å². The first kappa shape index (κ1) is 16.1. The molecule has 1 unspecified atom stereocenters. The molecular formula is C18H13F3O3. The third-order valence-corrected chi connectivity index (χ3v) is 3.81. The van der Waals surface area contributed by atoms with Gasteiger partial charge in [-0.05, 0) is 29.8 Å². The first-order valence-corrected chi connectivity index (χ1v) is 7.21. The van der Waals surface area contributed by atoms with Gasteiger partial charge in [-0.15, -0.1) is 0 Å². The van der Waals surface area contributed by atoms with Gasteiger partial charge < -0.3 is 9.84 Å². The fourth-order valence-corrected chi connectivity index (χ4v) is 2.57. The molecule has 2 aromatic rings. The van der Waals surface area contributed by atoms with Gasteiger partial charge in [-0.3, -0.25) is 0 Å². The average Bonchev–Trinajstić information content (AvgIpc) is 2.74. The highest BCUT2D eigenvalue weighted by atomic mass is 19.4. The summed E-state index contributed by atoms with van der Waals surface area (Å²) in [5.74, 6) is -0.578. The minimum Gasteiger partial charge on any atom is -0.485 e. The quantitative estimate of drug-likeness (QED) is 0.866. The van der Waals surface area contributed by atoms with E-state index in [-0.39, 0.29) is 12.0 Å². The molecule has 2 aromatic carbocycles. The number of fused-ring (bicyclic) bond motifs is 1. The Morgan fingerprint density at radius 3 is 2.38 bits per heavy atom. The van der Waals surface area contributed by atoms with E-state index < -0.39 is 23.8 Å². The number of hydrogen-bond acceptors (Lipinski definition) is 2. The van der Waals surface area contributed by atoms with Crippen LogP contribution in [0.3, 0.4) is 0 Å². The van der Waals surface area contributed by atoms with Crippen LogP contribution in [0.5, 0.6) is 5.75 Å². The summed E-state index contributed by atoms with van der Waals surface area (Å²) in [4.78, 5) is 11.4. The number of rotatable bonds is 2. The Labute approximate surface area is 136 Å². The monoisotopic (exact) mass is 334 g/mol. The largest absolute Gasteiger partial charge is 0.485 e. The van der Waals surface area contributed by atoms with Crippen LogP contribution in [-0.2, 0) is 11.0 Å². The van der Waals surface area contributed by atoms with Crippen LogP contribution in [-0.4, -0.2) is 11.1 Å². The Morgan fingerprint density at radius 1 is 1.08 bits per heavy atom. The zero-order chi connectivity index (χ0) is 17.3. The summed E-state index contributed by atoms with van der Waals surface area (Å²) >= 11 is 0. The summed E-state index contributed by atoms with van der Waals surface area (Å²) in [7, 11) is 0. The minimum absolute atomic E-state index is 0.0649. The Kier molecular flexibility index (Phi) is 4.05. The summed E-state index contributed by atoms with van der Waals surface area (Å²) in [5.41, 5.74) is 0.510. The molecule has 0 spiro atoms. The van der Waals surface area contributed by atoms with Crippen LogP contribution < -0.4 is 4.74 Å². The van der Waals surface area contributed by atoms with Gasteiger partial charge in [0.25, 0.3) is 0 Å². The molecule has 0 radical (unpaired) electrons. The normalized spacial score (nSPS) is 17.3. The van der Waals surface area contributed by atoms with E-state index >= 15 is 0 Å². The smallest absolute Gasteiger partial charge is 0.416 e. The molecular weight excluding hydrogens is 321 g/mol. The fraction of sp³-hybridized carbons (Fsp3) is 0.167. The van der Waals surface area contributed by atoms with Gasteiger partial charge in [0.2, 0.25) is 0 Å². The van der Waals surface area contributed by atoms with Gasteiger partial charge in [0.15, 0.2) is 0 Å². The first-order valence-electron chi connectivity index (χ1n) is 7.21. The van der Waals surface area contributed by atoms with Gasteiger partial charge in [-0.2, -0.15) is 13.2 Å². The number of carbonyl (C=O) groups is 1. The first-order chi connectivity index (χ1) is 11.3. The van der Waals surface area contributed by atoms with Gasteiger partial charge in [0.05, 0.1) is 5.56 Å². The topological polar surface area (TPSA) is 46.5 Å². The molecule has 124 valence electrons. The molecule has 0 fully saturated rings. The van der Waals surface area contributed by atoms with E-state index in [9.17, 15) is 23.1 Å². The van der Waals surface area contributed by atoms with Crippen LogP contribution >= 0.6 is 0 Å². The van der Waals surface area contributed by atoms with Crippen molar-refractivity contribution in [2.24, 2.45) is 0 Å². The number of alkyl halides is 3. The molecule has 0 amide bonds. The number of hydrogen-bond donors (Lipinski definition) is 1. The molecule has 3 rings (SSSR count). The third-order valence-electron chi connectivity index (χ3n) is 3.81. The van der Waals surface area contributed by atoms with Crippen LogP contribution in [0.15, 0.2) is 54.1 Å². The average molecular weight is 334 g/mol. The molecule has 6 heteroatoms. The molecule has 0 aliphatic carbocycles. The van der Waals surface area contributed by atoms with E-state index in [2.05, 4.69) is 0 Å². The molecule has 0 saturated heterocycles. The number of benzene rings is 2. The molecule has 3 nitrogen and oxygen atoms in total. The highest BCUT2D eigenvalue weighted by molar-refractivity contribution is 5.93. The molecule has 1 N–H and O–H groups in total. The van der Waals surface area contributed by atoms with Crippen molar-refractivity contribution in [2.75, 3.05) is 0 Å². The lowest BCUT2D eigenvalue weighted by Gasteiger charge is -2.19. The number of ether oxygens (including phenoxy) is 1. The lowest BCUT2D eigenvalue weighted by atomic mass is 9.99. The van der Waals surface area contributed by atoms with Crippen LogP contribution in [0.25, 0.3) is 6.08 Å². The van der Waals surface area contributed by atoms with Gasteiger partial charge in [-0.25, -0.2) is 4.79 Å². The Balaban J connectivity index is 1.97. The maximum Gasteiger partial charge on any atom is 0.416 e. The predicted octanol–water partition coefficient (Wildman–Crippen LogP) is 4.70. The maximum absolute atomic E-state index is 12.7. The molecule has 1 aliphatic rings. The van der Waals surface area contributed by atoms with Crippen LogP contribution in [0.1, 0.15) is 29.2 Å². The molecule has 1 heterocycles. The third kappa shape index (κ3) is 3.27.